The summed E-state index contributed by atoms with van der Waals surface area (Å²) in [6, 6.07) is 16.4. The van der Waals surface area contributed by atoms with Crippen LogP contribution in [-0.2, 0) is 23.3 Å². The SMILES string of the molecule is NS(=O)(=O)Nc1cccc(CNC(=O)c2cnn(Cc3ccccc3)c2)c1. The summed E-state index contributed by atoms with van der Waals surface area (Å²) in [5.41, 5.74) is 2.60. The van der Waals surface area contributed by atoms with E-state index in [9.17, 15) is 13.2 Å². The molecule has 4 N–H and O–H groups in total. The van der Waals surface area contributed by atoms with Gasteiger partial charge in [-0.1, -0.05) is 42.5 Å². The van der Waals surface area contributed by atoms with Gasteiger partial charge in [0.15, 0.2) is 0 Å². The summed E-state index contributed by atoms with van der Waals surface area (Å²) in [5.74, 6) is -0.265. The van der Waals surface area contributed by atoms with Crippen LogP contribution in [0.4, 0.5) is 5.69 Å². The Morgan fingerprint density at radius 3 is 2.56 bits per heavy atom. The van der Waals surface area contributed by atoms with Gasteiger partial charge in [-0.3, -0.25) is 14.2 Å². The summed E-state index contributed by atoms with van der Waals surface area (Å²) in [7, 11) is -3.84. The summed E-state index contributed by atoms with van der Waals surface area (Å²) >= 11 is 0. The zero-order valence-electron chi connectivity index (χ0n) is 14.4. The second-order valence-electron chi connectivity index (χ2n) is 5.94. The van der Waals surface area contributed by atoms with Gasteiger partial charge in [0.05, 0.1) is 24.0 Å². The fourth-order valence-electron chi connectivity index (χ4n) is 2.53. The summed E-state index contributed by atoms with van der Waals surface area (Å²) in [6.45, 7) is 0.818. The van der Waals surface area contributed by atoms with E-state index in [0.29, 0.717) is 17.8 Å². The van der Waals surface area contributed by atoms with Crippen LogP contribution in [0.15, 0.2) is 67.0 Å². The van der Waals surface area contributed by atoms with Crippen molar-refractivity contribution in [1.82, 2.24) is 15.1 Å². The third-order valence-corrected chi connectivity index (χ3v) is 4.24. The van der Waals surface area contributed by atoms with Gasteiger partial charge in [-0.25, -0.2) is 5.14 Å². The van der Waals surface area contributed by atoms with Crippen molar-refractivity contribution >= 4 is 21.8 Å². The van der Waals surface area contributed by atoms with Crippen molar-refractivity contribution in [3.05, 3.63) is 83.7 Å². The van der Waals surface area contributed by atoms with E-state index in [4.69, 9.17) is 5.14 Å². The first kappa shape index (κ1) is 18.6. The smallest absolute Gasteiger partial charge is 0.296 e. The Morgan fingerprint density at radius 2 is 1.81 bits per heavy atom. The van der Waals surface area contributed by atoms with Gasteiger partial charge in [0.2, 0.25) is 0 Å². The maximum absolute atomic E-state index is 12.3. The van der Waals surface area contributed by atoms with Gasteiger partial charge < -0.3 is 5.32 Å². The molecular weight excluding hydrogens is 366 g/mol. The minimum atomic E-state index is -3.84. The lowest BCUT2D eigenvalue weighted by Crippen LogP contribution is -2.23. The van der Waals surface area contributed by atoms with E-state index in [1.807, 2.05) is 30.3 Å². The van der Waals surface area contributed by atoms with Crippen LogP contribution in [0.1, 0.15) is 21.5 Å². The van der Waals surface area contributed by atoms with Crippen LogP contribution in [0.25, 0.3) is 0 Å². The maximum Gasteiger partial charge on any atom is 0.296 e. The van der Waals surface area contributed by atoms with E-state index in [2.05, 4.69) is 15.1 Å². The van der Waals surface area contributed by atoms with E-state index >= 15 is 0 Å². The molecule has 0 radical (unpaired) electrons. The number of amides is 1. The molecule has 0 saturated carbocycles. The maximum atomic E-state index is 12.3. The number of hydrogen-bond donors (Lipinski definition) is 3. The Bertz CT molecular complexity index is 1030. The quantitative estimate of drug-likeness (QED) is 0.571. The van der Waals surface area contributed by atoms with Crippen LogP contribution < -0.4 is 15.2 Å². The van der Waals surface area contributed by atoms with Crippen LogP contribution in [0.2, 0.25) is 0 Å². The molecular formula is C18H19N5O3S. The third kappa shape index (κ3) is 5.66. The molecule has 3 aromatic rings. The lowest BCUT2D eigenvalue weighted by atomic mass is 10.2. The second kappa shape index (κ2) is 8.02. The van der Waals surface area contributed by atoms with Crippen molar-refractivity contribution in [2.75, 3.05) is 4.72 Å². The lowest BCUT2D eigenvalue weighted by Gasteiger charge is -2.07. The van der Waals surface area contributed by atoms with Crippen LogP contribution in [-0.4, -0.2) is 24.1 Å². The molecule has 0 unspecified atom stereocenters. The van der Waals surface area contributed by atoms with E-state index < -0.39 is 10.2 Å². The number of anilines is 1. The first-order valence-electron chi connectivity index (χ1n) is 8.13. The molecule has 1 amide bonds. The minimum Gasteiger partial charge on any atom is -0.348 e. The van der Waals surface area contributed by atoms with E-state index in [1.165, 1.54) is 6.20 Å². The molecule has 27 heavy (non-hydrogen) atoms. The van der Waals surface area contributed by atoms with Crippen LogP contribution in [0.5, 0.6) is 0 Å². The van der Waals surface area contributed by atoms with Crippen molar-refractivity contribution in [2.24, 2.45) is 5.14 Å². The number of benzene rings is 2. The van der Waals surface area contributed by atoms with Crippen molar-refractivity contribution in [3.63, 3.8) is 0 Å². The van der Waals surface area contributed by atoms with Crippen LogP contribution in [0, 0.1) is 0 Å². The number of aromatic nitrogens is 2. The molecule has 0 aliphatic heterocycles. The molecule has 1 heterocycles. The fourth-order valence-corrected chi connectivity index (χ4v) is 2.99. The van der Waals surface area contributed by atoms with E-state index in [1.54, 1.807) is 35.1 Å². The summed E-state index contributed by atoms with van der Waals surface area (Å²) in [5, 5.41) is 11.9. The molecule has 8 nitrogen and oxygen atoms in total. The molecule has 140 valence electrons. The topological polar surface area (TPSA) is 119 Å². The predicted molar refractivity (Wildman–Crippen MR) is 102 cm³/mol. The number of rotatable bonds is 7. The zero-order chi connectivity index (χ0) is 19.3. The van der Waals surface area contributed by atoms with Crippen LogP contribution in [0.3, 0.4) is 0 Å². The van der Waals surface area contributed by atoms with Gasteiger partial charge in [-0.05, 0) is 23.3 Å². The Morgan fingerprint density at radius 1 is 1.07 bits per heavy atom. The highest BCUT2D eigenvalue weighted by molar-refractivity contribution is 7.90. The third-order valence-electron chi connectivity index (χ3n) is 3.72. The predicted octanol–water partition coefficient (Wildman–Crippen LogP) is 1.48. The molecule has 0 atom stereocenters. The molecule has 9 heteroatoms. The molecule has 0 aliphatic carbocycles. The van der Waals surface area contributed by atoms with Gasteiger partial charge in [-0.15, -0.1) is 0 Å². The standard InChI is InChI=1S/C18H19N5O3S/c19-27(25,26)22-17-8-4-7-15(9-17)10-20-18(24)16-11-21-23(13-16)12-14-5-2-1-3-6-14/h1-9,11,13,22H,10,12H2,(H,20,24)(H2,19,25,26). The second-order valence-corrected chi connectivity index (χ2v) is 7.24. The van der Waals surface area contributed by atoms with E-state index in [-0.39, 0.29) is 12.5 Å². The van der Waals surface area contributed by atoms with Crippen molar-refractivity contribution in [3.8, 4) is 0 Å². The van der Waals surface area contributed by atoms with Crippen molar-refractivity contribution in [1.29, 1.82) is 0 Å². The Labute approximate surface area is 157 Å². The number of nitrogens with two attached hydrogens (primary N) is 1. The summed E-state index contributed by atoms with van der Waals surface area (Å²) in [6.07, 6.45) is 3.19. The van der Waals surface area contributed by atoms with Crippen molar-refractivity contribution < 1.29 is 13.2 Å². The zero-order valence-corrected chi connectivity index (χ0v) is 15.2. The molecule has 0 bridgehead atoms. The first-order valence-corrected chi connectivity index (χ1v) is 9.68. The number of nitrogens with zero attached hydrogens (tertiary/aromatic N) is 2. The normalized spacial score (nSPS) is 11.1. The summed E-state index contributed by atoms with van der Waals surface area (Å²) in [4.78, 5) is 12.3. The lowest BCUT2D eigenvalue weighted by molar-refractivity contribution is 0.0951. The van der Waals surface area contributed by atoms with E-state index in [0.717, 1.165) is 11.1 Å². The van der Waals surface area contributed by atoms with Gasteiger partial charge in [0.25, 0.3) is 16.1 Å². The molecule has 3 rings (SSSR count). The molecule has 0 fully saturated rings. The summed E-state index contributed by atoms with van der Waals surface area (Å²) < 4.78 is 26.1. The average Bonchev–Trinajstić information content (AvgIpc) is 3.08. The Kier molecular flexibility index (Phi) is 5.53. The highest BCUT2D eigenvalue weighted by Gasteiger charge is 2.09. The highest BCUT2D eigenvalue weighted by atomic mass is 32.2. The molecule has 1 aromatic heterocycles. The van der Waals surface area contributed by atoms with Gasteiger partial charge in [0.1, 0.15) is 0 Å². The number of carbonyl (C=O) groups excluding carboxylic acids is 1. The van der Waals surface area contributed by atoms with Crippen molar-refractivity contribution in [2.45, 2.75) is 13.1 Å². The number of nitrogens with one attached hydrogen (secondary N) is 2. The van der Waals surface area contributed by atoms with Crippen LogP contribution >= 0.6 is 0 Å². The first-order chi connectivity index (χ1) is 12.9. The Hall–Kier alpha value is -3.17. The molecule has 0 saturated heterocycles. The number of carbonyl (C=O) groups is 1. The van der Waals surface area contributed by atoms with Gasteiger partial charge >= 0.3 is 0 Å². The van der Waals surface area contributed by atoms with Gasteiger partial charge in [-0.2, -0.15) is 13.5 Å². The average molecular weight is 385 g/mol. The fraction of sp³-hybridized carbons (Fsp3) is 0.111. The minimum absolute atomic E-state index is 0.239. The van der Waals surface area contributed by atoms with Gasteiger partial charge in [0, 0.05) is 12.7 Å². The monoisotopic (exact) mass is 385 g/mol. The molecule has 2 aromatic carbocycles. The largest absolute Gasteiger partial charge is 0.348 e. The molecule has 0 aliphatic rings. The Balaban J connectivity index is 1.59. The number of hydrogen-bond acceptors (Lipinski definition) is 4. The molecule has 0 spiro atoms. The highest BCUT2D eigenvalue weighted by Crippen LogP contribution is 2.11.